The van der Waals surface area contributed by atoms with Crippen LogP contribution in [0.1, 0.15) is 49.4 Å². The lowest BCUT2D eigenvalue weighted by Gasteiger charge is -2.29. The Bertz CT molecular complexity index is 391. The van der Waals surface area contributed by atoms with E-state index in [-0.39, 0.29) is 0 Å². The predicted octanol–water partition coefficient (Wildman–Crippen LogP) is 3.77. The maximum Gasteiger partial charge on any atom is 0.0797 e. The summed E-state index contributed by atoms with van der Waals surface area (Å²) in [4.78, 5) is 0. The van der Waals surface area contributed by atoms with Crippen molar-refractivity contribution < 1.29 is 4.74 Å². The zero-order chi connectivity index (χ0) is 13.8. The summed E-state index contributed by atoms with van der Waals surface area (Å²) in [6, 6.07) is 7.17. The van der Waals surface area contributed by atoms with E-state index >= 15 is 0 Å². The molecule has 0 aliphatic heterocycles. The standard InChI is InChI=1S/C17H27NO/c1-5-18-16(17(19-6-2)14-7-8-14)15-10-12(3)9-13(4)11-15/h9-11,14,16-18H,5-8H2,1-4H3. The minimum Gasteiger partial charge on any atom is -0.376 e. The van der Waals surface area contributed by atoms with Crippen LogP contribution >= 0.6 is 0 Å². The van der Waals surface area contributed by atoms with Crippen molar-refractivity contribution in [2.24, 2.45) is 5.92 Å². The molecule has 1 saturated carbocycles. The van der Waals surface area contributed by atoms with Crippen molar-refractivity contribution in [2.75, 3.05) is 13.2 Å². The molecule has 0 amide bonds. The van der Waals surface area contributed by atoms with Gasteiger partial charge in [-0.2, -0.15) is 0 Å². The zero-order valence-electron chi connectivity index (χ0n) is 12.7. The number of rotatable bonds is 7. The lowest BCUT2D eigenvalue weighted by molar-refractivity contribution is 0.0189. The Balaban J connectivity index is 2.26. The molecule has 2 atom stereocenters. The highest BCUT2D eigenvalue weighted by atomic mass is 16.5. The number of nitrogens with one attached hydrogen (secondary N) is 1. The Kier molecular flexibility index (Phi) is 5.00. The summed E-state index contributed by atoms with van der Waals surface area (Å²) in [5, 5.41) is 3.63. The molecule has 2 unspecified atom stereocenters. The quantitative estimate of drug-likeness (QED) is 0.806. The molecule has 0 spiro atoms. The van der Waals surface area contributed by atoms with Crippen molar-refractivity contribution in [2.45, 2.75) is 52.7 Å². The molecule has 1 aliphatic rings. The van der Waals surface area contributed by atoms with Crippen molar-refractivity contribution >= 4 is 0 Å². The van der Waals surface area contributed by atoms with Crippen LogP contribution in [0.4, 0.5) is 0 Å². The van der Waals surface area contributed by atoms with E-state index in [1.807, 2.05) is 0 Å². The van der Waals surface area contributed by atoms with E-state index in [4.69, 9.17) is 4.74 Å². The molecule has 0 radical (unpaired) electrons. The van der Waals surface area contributed by atoms with Gasteiger partial charge in [-0.15, -0.1) is 0 Å². The van der Waals surface area contributed by atoms with E-state index in [0.29, 0.717) is 12.1 Å². The number of ether oxygens (including phenoxy) is 1. The summed E-state index contributed by atoms with van der Waals surface area (Å²) in [7, 11) is 0. The lowest BCUT2D eigenvalue weighted by atomic mass is 9.95. The molecule has 0 bridgehead atoms. The Morgan fingerprint density at radius 1 is 1.16 bits per heavy atom. The lowest BCUT2D eigenvalue weighted by Crippen LogP contribution is -2.35. The average Bonchev–Trinajstić information content (AvgIpc) is 3.16. The highest BCUT2D eigenvalue weighted by Gasteiger charge is 2.37. The molecule has 106 valence electrons. The topological polar surface area (TPSA) is 21.3 Å². The Labute approximate surface area is 117 Å². The molecule has 1 aromatic rings. The third kappa shape index (κ3) is 3.80. The highest BCUT2D eigenvalue weighted by molar-refractivity contribution is 5.31. The molecule has 19 heavy (non-hydrogen) atoms. The van der Waals surface area contributed by atoms with Crippen LogP contribution in [0.2, 0.25) is 0 Å². The second-order valence-electron chi connectivity index (χ2n) is 5.71. The van der Waals surface area contributed by atoms with Gasteiger partial charge in [0.15, 0.2) is 0 Å². The number of hydrogen-bond donors (Lipinski definition) is 1. The van der Waals surface area contributed by atoms with E-state index in [1.165, 1.54) is 29.5 Å². The van der Waals surface area contributed by atoms with E-state index in [2.05, 4.69) is 51.2 Å². The first-order chi connectivity index (χ1) is 9.15. The summed E-state index contributed by atoms with van der Waals surface area (Å²) in [5.74, 6) is 0.741. The van der Waals surface area contributed by atoms with Crippen LogP contribution in [0.3, 0.4) is 0 Å². The van der Waals surface area contributed by atoms with Gasteiger partial charge in [-0.05, 0) is 51.6 Å². The van der Waals surface area contributed by atoms with Crippen LogP contribution in [0.25, 0.3) is 0 Å². The summed E-state index contributed by atoms with van der Waals surface area (Å²) in [6.45, 7) is 10.4. The molecule has 2 nitrogen and oxygen atoms in total. The van der Waals surface area contributed by atoms with E-state index in [0.717, 1.165) is 19.1 Å². The molecular formula is C17H27NO. The van der Waals surface area contributed by atoms with Gasteiger partial charge in [-0.3, -0.25) is 0 Å². The minimum absolute atomic E-state index is 0.325. The monoisotopic (exact) mass is 261 g/mol. The summed E-state index contributed by atoms with van der Waals surface area (Å²) >= 11 is 0. The third-order valence-electron chi connectivity index (χ3n) is 3.80. The first kappa shape index (κ1) is 14.5. The second-order valence-corrected chi connectivity index (χ2v) is 5.71. The Hall–Kier alpha value is -0.860. The molecule has 1 fully saturated rings. The van der Waals surface area contributed by atoms with Gasteiger partial charge in [-0.1, -0.05) is 36.2 Å². The second kappa shape index (κ2) is 6.53. The fourth-order valence-electron chi connectivity index (χ4n) is 2.95. The summed E-state index contributed by atoms with van der Waals surface area (Å²) < 4.78 is 6.05. The zero-order valence-corrected chi connectivity index (χ0v) is 12.7. The summed E-state index contributed by atoms with van der Waals surface area (Å²) in [5.41, 5.74) is 4.05. The number of likely N-dealkylation sites (N-methyl/N-ethyl adjacent to an activating group) is 1. The normalized spacial score (nSPS) is 18.3. The Morgan fingerprint density at radius 3 is 2.26 bits per heavy atom. The number of aryl methyl sites for hydroxylation is 2. The average molecular weight is 261 g/mol. The molecule has 0 heterocycles. The SMILES string of the molecule is CCNC(c1cc(C)cc(C)c1)C(OCC)C1CC1. The molecule has 1 aromatic carbocycles. The van der Waals surface area contributed by atoms with E-state index in [9.17, 15) is 0 Å². The van der Waals surface area contributed by atoms with Gasteiger partial charge in [0.2, 0.25) is 0 Å². The van der Waals surface area contributed by atoms with Crippen molar-refractivity contribution in [1.29, 1.82) is 0 Å². The molecule has 0 saturated heterocycles. The molecule has 1 N–H and O–H groups in total. The molecular weight excluding hydrogens is 234 g/mol. The van der Waals surface area contributed by atoms with Crippen LogP contribution in [0.15, 0.2) is 18.2 Å². The van der Waals surface area contributed by atoms with Crippen LogP contribution < -0.4 is 5.32 Å². The van der Waals surface area contributed by atoms with Gasteiger partial charge in [0.05, 0.1) is 12.1 Å². The molecule has 1 aliphatic carbocycles. The maximum atomic E-state index is 6.05. The maximum absolute atomic E-state index is 6.05. The first-order valence-corrected chi connectivity index (χ1v) is 7.58. The highest BCUT2D eigenvalue weighted by Crippen LogP contribution is 2.40. The largest absolute Gasteiger partial charge is 0.376 e. The minimum atomic E-state index is 0.325. The van der Waals surface area contributed by atoms with Crippen molar-refractivity contribution in [1.82, 2.24) is 5.32 Å². The van der Waals surface area contributed by atoms with Gasteiger partial charge in [0.1, 0.15) is 0 Å². The van der Waals surface area contributed by atoms with Crippen molar-refractivity contribution in [3.05, 3.63) is 34.9 Å². The Morgan fingerprint density at radius 2 is 1.79 bits per heavy atom. The first-order valence-electron chi connectivity index (χ1n) is 7.58. The van der Waals surface area contributed by atoms with Crippen molar-refractivity contribution in [3.8, 4) is 0 Å². The number of benzene rings is 1. The van der Waals surface area contributed by atoms with Crippen LogP contribution in [-0.4, -0.2) is 19.3 Å². The fraction of sp³-hybridized carbons (Fsp3) is 0.647. The van der Waals surface area contributed by atoms with Gasteiger partial charge in [0, 0.05) is 6.61 Å². The van der Waals surface area contributed by atoms with Crippen LogP contribution in [0, 0.1) is 19.8 Å². The van der Waals surface area contributed by atoms with Gasteiger partial charge >= 0.3 is 0 Å². The summed E-state index contributed by atoms with van der Waals surface area (Å²) in [6.07, 6.45) is 2.96. The van der Waals surface area contributed by atoms with Gasteiger partial charge in [-0.25, -0.2) is 0 Å². The molecule has 0 aromatic heterocycles. The predicted molar refractivity (Wildman–Crippen MR) is 80.5 cm³/mol. The number of hydrogen-bond acceptors (Lipinski definition) is 2. The van der Waals surface area contributed by atoms with Gasteiger partial charge in [0.25, 0.3) is 0 Å². The fourth-order valence-corrected chi connectivity index (χ4v) is 2.95. The van der Waals surface area contributed by atoms with Gasteiger partial charge < -0.3 is 10.1 Å². The van der Waals surface area contributed by atoms with Crippen LogP contribution in [-0.2, 0) is 4.74 Å². The van der Waals surface area contributed by atoms with E-state index in [1.54, 1.807) is 0 Å². The van der Waals surface area contributed by atoms with Crippen LogP contribution in [0.5, 0.6) is 0 Å². The molecule has 2 heteroatoms. The van der Waals surface area contributed by atoms with E-state index < -0.39 is 0 Å². The molecule has 2 rings (SSSR count). The smallest absolute Gasteiger partial charge is 0.0797 e. The third-order valence-corrected chi connectivity index (χ3v) is 3.80. The van der Waals surface area contributed by atoms with Crippen molar-refractivity contribution in [3.63, 3.8) is 0 Å².